The number of pyridine rings is 1. The van der Waals surface area contributed by atoms with Gasteiger partial charge in [-0.25, -0.2) is 4.79 Å². The lowest BCUT2D eigenvalue weighted by atomic mass is 9.91. The number of terminal acetylenes is 1. The number of nitrogens with zero attached hydrogens (tertiary/aromatic N) is 3. The number of amides is 1. The quantitative estimate of drug-likeness (QED) is 0.823. The summed E-state index contributed by atoms with van der Waals surface area (Å²) >= 11 is 0. The van der Waals surface area contributed by atoms with E-state index in [0.29, 0.717) is 11.4 Å². The van der Waals surface area contributed by atoms with E-state index in [1.54, 1.807) is 26.0 Å². The van der Waals surface area contributed by atoms with Crippen LogP contribution in [0.1, 0.15) is 19.5 Å². The van der Waals surface area contributed by atoms with Crippen molar-refractivity contribution in [3.8, 4) is 18.4 Å². The van der Waals surface area contributed by atoms with E-state index in [1.165, 1.54) is 6.20 Å². The highest BCUT2D eigenvalue weighted by molar-refractivity contribution is 5.86. The highest BCUT2D eigenvalue weighted by Gasteiger charge is 2.22. The van der Waals surface area contributed by atoms with Crippen molar-refractivity contribution >= 4 is 11.8 Å². The maximum Gasteiger partial charge on any atom is 0.412 e. The van der Waals surface area contributed by atoms with E-state index in [4.69, 9.17) is 16.8 Å². The molecule has 0 saturated carbocycles. The first kappa shape index (κ1) is 13.5. The molecule has 0 saturated heterocycles. The van der Waals surface area contributed by atoms with Crippen molar-refractivity contribution < 1.29 is 9.90 Å². The van der Waals surface area contributed by atoms with E-state index >= 15 is 0 Å². The van der Waals surface area contributed by atoms with Gasteiger partial charge in [0, 0.05) is 0 Å². The molecule has 1 aromatic rings. The van der Waals surface area contributed by atoms with Crippen molar-refractivity contribution in [2.45, 2.75) is 19.3 Å². The summed E-state index contributed by atoms with van der Waals surface area (Å²) in [5, 5.41) is 18.0. The Labute approximate surface area is 106 Å². The van der Waals surface area contributed by atoms with Crippen LogP contribution in [0.3, 0.4) is 0 Å². The van der Waals surface area contributed by atoms with E-state index in [9.17, 15) is 4.79 Å². The number of hydrogen-bond acceptors (Lipinski definition) is 3. The summed E-state index contributed by atoms with van der Waals surface area (Å²) in [7, 11) is 0. The Morgan fingerprint density at radius 2 is 2.28 bits per heavy atom. The summed E-state index contributed by atoms with van der Waals surface area (Å²) in [6.07, 6.45) is 5.37. The molecule has 0 fully saturated rings. The third kappa shape index (κ3) is 2.78. The largest absolute Gasteiger partial charge is 0.465 e. The molecule has 1 N–H and O–H groups in total. The van der Waals surface area contributed by atoms with Crippen LogP contribution >= 0.6 is 0 Å². The minimum absolute atomic E-state index is 0.0436. The predicted octanol–water partition coefficient (Wildman–Crippen LogP) is 2.00. The fraction of sp³-hybridized carbons (Fsp3) is 0.308. The summed E-state index contributed by atoms with van der Waals surface area (Å²) in [6, 6.07) is 5.35. The van der Waals surface area contributed by atoms with E-state index < -0.39 is 11.5 Å². The topological polar surface area (TPSA) is 77.2 Å². The van der Waals surface area contributed by atoms with Crippen LogP contribution in [0.15, 0.2) is 18.3 Å². The van der Waals surface area contributed by atoms with Gasteiger partial charge in [0.2, 0.25) is 0 Å². The van der Waals surface area contributed by atoms with Crippen molar-refractivity contribution in [2.24, 2.45) is 0 Å². The third-order valence-corrected chi connectivity index (χ3v) is 2.46. The molecule has 0 aliphatic carbocycles. The Morgan fingerprint density at radius 1 is 1.61 bits per heavy atom. The summed E-state index contributed by atoms with van der Waals surface area (Å²) < 4.78 is 0. The third-order valence-electron chi connectivity index (χ3n) is 2.46. The highest BCUT2D eigenvalue weighted by Crippen LogP contribution is 2.22. The zero-order valence-corrected chi connectivity index (χ0v) is 10.2. The van der Waals surface area contributed by atoms with Gasteiger partial charge < -0.3 is 5.11 Å². The van der Waals surface area contributed by atoms with Gasteiger partial charge in [-0.1, -0.05) is 5.92 Å². The second kappa shape index (κ2) is 5.20. The lowest BCUT2D eigenvalue weighted by molar-refractivity contribution is 0.202. The Hall–Kier alpha value is -2.53. The highest BCUT2D eigenvalue weighted by atomic mass is 16.4. The monoisotopic (exact) mass is 243 g/mol. The number of hydrogen-bond donors (Lipinski definition) is 1. The molecular formula is C13H13N3O2. The van der Waals surface area contributed by atoms with Crippen LogP contribution in [0, 0.1) is 23.7 Å². The minimum Gasteiger partial charge on any atom is -0.465 e. The summed E-state index contributed by atoms with van der Waals surface area (Å²) in [5.41, 5.74) is 0.261. The van der Waals surface area contributed by atoms with Crippen LogP contribution in [-0.2, 0) is 5.41 Å². The summed E-state index contributed by atoms with van der Waals surface area (Å²) in [5.74, 6) is 2.27. The Kier molecular flexibility index (Phi) is 3.91. The standard InChI is InChI=1S/C13H13N3O2/c1-4-7-16(12(17)18)10-5-6-11(15-8-10)13(2,3)9-14/h1,5-6,8H,7H2,2-3H3,(H,17,18). The first-order valence-electron chi connectivity index (χ1n) is 5.24. The molecular weight excluding hydrogens is 230 g/mol. The molecule has 0 atom stereocenters. The fourth-order valence-electron chi connectivity index (χ4n) is 1.33. The lowest BCUT2D eigenvalue weighted by Crippen LogP contribution is -2.29. The lowest BCUT2D eigenvalue weighted by Gasteiger charge is -2.18. The number of nitriles is 1. The molecule has 1 aromatic heterocycles. The number of aromatic nitrogens is 1. The van der Waals surface area contributed by atoms with Crippen LogP contribution in [0.5, 0.6) is 0 Å². The predicted molar refractivity (Wildman–Crippen MR) is 67.1 cm³/mol. The van der Waals surface area contributed by atoms with E-state index in [-0.39, 0.29) is 6.54 Å². The first-order valence-corrected chi connectivity index (χ1v) is 5.24. The van der Waals surface area contributed by atoms with Crippen molar-refractivity contribution in [2.75, 3.05) is 11.4 Å². The second-order valence-electron chi connectivity index (χ2n) is 4.21. The van der Waals surface area contributed by atoms with Gasteiger partial charge in [0.1, 0.15) is 0 Å². The minimum atomic E-state index is -1.14. The Morgan fingerprint density at radius 3 is 2.67 bits per heavy atom. The summed E-state index contributed by atoms with van der Waals surface area (Å²) in [4.78, 5) is 16.1. The normalized spacial score (nSPS) is 10.2. The van der Waals surface area contributed by atoms with Gasteiger partial charge in [-0.2, -0.15) is 5.26 Å². The van der Waals surface area contributed by atoms with Gasteiger partial charge in [-0.3, -0.25) is 9.88 Å². The number of carbonyl (C=O) groups is 1. The smallest absolute Gasteiger partial charge is 0.412 e. The van der Waals surface area contributed by atoms with Crippen LogP contribution in [0.4, 0.5) is 10.5 Å². The molecule has 0 unspecified atom stereocenters. The van der Waals surface area contributed by atoms with Gasteiger partial charge in [-0.15, -0.1) is 6.42 Å². The number of anilines is 1. The molecule has 0 bridgehead atoms. The maximum atomic E-state index is 11.0. The molecule has 0 aromatic carbocycles. The molecule has 5 heteroatoms. The molecule has 0 aliphatic rings. The fourth-order valence-corrected chi connectivity index (χ4v) is 1.33. The van der Waals surface area contributed by atoms with Crippen molar-refractivity contribution in [1.82, 2.24) is 4.98 Å². The van der Waals surface area contributed by atoms with Crippen molar-refractivity contribution in [3.05, 3.63) is 24.0 Å². The van der Waals surface area contributed by atoms with Gasteiger partial charge in [-0.05, 0) is 26.0 Å². The number of carboxylic acid groups (broad SMARTS) is 1. The SMILES string of the molecule is C#CCN(C(=O)O)c1ccc(C(C)(C)C#N)nc1. The molecule has 1 heterocycles. The first-order chi connectivity index (χ1) is 8.42. The van der Waals surface area contributed by atoms with E-state index in [1.807, 2.05) is 0 Å². The molecule has 1 rings (SSSR count). The second-order valence-corrected chi connectivity index (χ2v) is 4.21. The molecule has 1 amide bonds. The molecule has 0 spiro atoms. The van der Waals surface area contributed by atoms with Crippen LogP contribution in [-0.4, -0.2) is 22.7 Å². The van der Waals surface area contributed by atoms with Gasteiger partial charge in [0.25, 0.3) is 0 Å². The molecule has 18 heavy (non-hydrogen) atoms. The Bertz CT molecular complexity index is 521. The summed E-state index contributed by atoms with van der Waals surface area (Å²) in [6.45, 7) is 3.44. The van der Waals surface area contributed by atoms with Crippen LogP contribution in [0.25, 0.3) is 0 Å². The van der Waals surface area contributed by atoms with Crippen molar-refractivity contribution in [3.63, 3.8) is 0 Å². The zero-order chi connectivity index (χ0) is 13.8. The Balaban J connectivity index is 3.06. The van der Waals surface area contributed by atoms with Gasteiger partial charge in [0.05, 0.1) is 35.6 Å². The molecule has 5 nitrogen and oxygen atoms in total. The van der Waals surface area contributed by atoms with Crippen LogP contribution in [0.2, 0.25) is 0 Å². The van der Waals surface area contributed by atoms with Crippen LogP contribution < -0.4 is 4.90 Å². The molecule has 92 valence electrons. The van der Waals surface area contributed by atoms with Gasteiger partial charge >= 0.3 is 6.09 Å². The average Bonchev–Trinajstić information content (AvgIpc) is 2.36. The number of rotatable bonds is 3. The zero-order valence-electron chi connectivity index (χ0n) is 10.2. The van der Waals surface area contributed by atoms with Gasteiger partial charge in [0.15, 0.2) is 0 Å². The molecule has 0 aliphatic heterocycles. The van der Waals surface area contributed by atoms with Crippen molar-refractivity contribution in [1.29, 1.82) is 5.26 Å². The maximum absolute atomic E-state index is 11.0. The average molecular weight is 243 g/mol. The van der Waals surface area contributed by atoms with E-state index in [0.717, 1.165) is 4.90 Å². The molecule has 0 radical (unpaired) electrons. The van der Waals surface area contributed by atoms with E-state index in [2.05, 4.69) is 17.0 Å².